The third kappa shape index (κ3) is 2.87. The van der Waals surface area contributed by atoms with E-state index in [4.69, 9.17) is 4.74 Å². The third-order valence-corrected chi connectivity index (χ3v) is 5.33. The number of hydrogen-bond acceptors (Lipinski definition) is 6. The van der Waals surface area contributed by atoms with Gasteiger partial charge in [-0.1, -0.05) is 6.07 Å². The van der Waals surface area contributed by atoms with E-state index in [9.17, 15) is 4.79 Å². The van der Waals surface area contributed by atoms with Crippen molar-refractivity contribution in [1.82, 2.24) is 9.36 Å². The van der Waals surface area contributed by atoms with Crippen molar-refractivity contribution in [3.05, 3.63) is 41.8 Å². The molecule has 1 saturated heterocycles. The molecule has 134 valence electrons. The van der Waals surface area contributed by atoms with Crippen LogP contribution in [-0.2, 0) is 4.74 Å². The van der Waals surface area contributed by atoms with Crippen LogP contribution in [0.25, 0.3) is 21.5 Å². The Bertz CT molecular complexity index is 950. The number of aromatic nitrogens is 2. The number of fused-ring (bicyclic) bond motifs is 1. The quantitative estimate of drug-likeness (QED) is 0.653. The van der Waals surface area contributed by atoms with Crippen LogP contribution in [0.15, 0.2) is 30.5 Å². The zero-order valence-electron chi connectivity index (χ0n) is 14.5. The monoisotopic (exact) mass is 371 g/mol. The third-order valence-electron chi connectivity index (χ3n) is 4.48. The summed E-state index contributed by atoms with van der Waals surface area (Å²) in [5, 5.41) is 0.617. The van der Waals surface area contributed by atoms with Gasteiger partial charge in [-0.3, -0.25) is 9.78 Å². The van der Waals surface area contributed by atoms with Gasteiger partial charge in [-0.2, -0.15) is 4.37 Å². The van der Waals surface area contributed by atoms with Crippen LogP contribution in [0.3, 0.4) is 0 Å². The Hall–Kier alpha value is -2.38. The van der Waals surface area contributed by atoms with E-state index < -0.39 is 5.82 Å². The molecule has 2 atom stereocenters. The van der Waals surface area contributed by atoms with Crippen LogP contribution in [0.5, 0.6) is 0 Å². The number of aldehydes is 1. The fourth-order valence-corrected chi connectivity index (χ4v) is 4.31. The molecule has 5 nitrogen and oxygen atoms in total. The number of anilines is 1. The molecule has 0 N–H and O–H groups in total. The first kappa shape index (κ1) is 17.1. The molecule has 0 spiro atoms. The maximum Gasteiger partial charge on any atom is 0.166 e. The van der Waals surface area contributed by atoms with Crippen molar-refractivity contribution in [3.8, 4) is 11.4 Å². The molecule has 0 amide bonds. The number of hydrogen-bond donors (Lipinski definition) is 0. The van der Waals surface area contributed by atoms with Crippen LogP contribution >= 0.6 is 11.5 Å². The zero-order valence-corrected chi connectivity index (χ0v) is 15.3. The lowest BCUT2D eigenvalue weighted by Gasteiger charge is -2.37. The van der Waals surface area contributed by atoms with Crippen molar-refractivity contribution >= 4 is 33.6 Å². The van der Waals surface area contributed by atoms with Gasteiger partial charge in [0.15, 0.2) is 12.1 Å². The Balaban J connectivity index is 1.88. The van der Waals surface area contributed by atoms with Crippen LogP contribution in [0.1, 0.15) is 24.2 Å². The first-order valence-electron chi connectivity index (χ1n) is 8.47. The van der Waals surface area contributed by atoms with Crippen LogP contribution in [-0.4, -0.2) is 40.9 Å². The van der Waals surface area contributed by atoms with Crippen LogP contribution in [0.2, 0.25) is 0 Å². The number of halogens is 1. The number of nitrogens with zero attached hydrogens (tertiary/aromatic N) is 3. The number of pyridine rings is 1. The molecule has 1 aliphatic heterocycles. The maximum atomic E-state index is 15.4. The first-order chi connectivity index (χ1) is 12.6. The Kier molecular flexibility index (Phi) is 4.42. The lowest BCUT2D eigenvalue weighted by atomic mass is 10.0. The standard InChI is InChI=1S/C19H18FN3O2S/c1-11-8-23(9-12(2)25-11)18-13(10-24)7-14-17(15-5-3-4-6-21-15)22-26-19(14)16(18)20/h3-7,10-12H,8-9H2,1-2H3. The molecule has 7 heteroatoms. The molecule has 3 aromatic rings. The predicted octanol–water partition coefficient (Wildman–Crippen LogP) is 3.92. The summed E-state index contributed by atoms with van der Waals surface area (Å²) in [4.78, 5) is 17.9. The first-order valence-corrected chi connectivity index (χ1v) is 9.24. The molecule has 3 heterocycles. The highest BCUT2D eigenvalue weighted by atomic mass is 32.1. The maximum absolute atomic E-state index is 15.4. The Morgan fingerprint density at radius 2 is 2.08 bits per heavy atom. The van der Waals surface area contributed by atoms with Crippen LogP contribution in [0.4, 0.5) is 10.1 Å². The minimum Gasteiger partial charge on any atom is -0.372 e. The number of ether oxygens (including phenoxy) is 1. The zero-order chi connectivity index (χ0) is 18.3. The van der Waals surface area contributed by atoms with Gasteiger partial charge in [-0.25, -0.2) is 4.39 Å². The normalized spacial score (nSPS) is 20.5. The lowest BCUT2D eigenvalue weighted by molar-refractivity contribution is -0.00541. The summed E-state index contributed by atoms with van der Waals surface area (Å²) >= 11 is 1.10. The van der Waals surface area contributed by atoms with Crippen molar-refractivity contribution in [2.75, 3.05) is 18.0 Å². The minimum absolute atomic E-state index is 0.0288. The van der Waals surface area contributed by atoms with E-state index in [2.05, 4.69) is 9.36 Å². The molecule has 2 unspecified atom stereocenters. The van der Waals surface area contributed by atoms with Crippen LogP contribution < -0.4 is 4.90 Å². The largest absolute Gasteiger partial charge is 0.372 e. The summed E-state index contributed by atoms with van der Waals surface area (Å²) in [5.41, 5.74) is 1.93. The van der Waals surface area contributed by atoms with Gasteiger partial charge in [-0.15, -0.1) is 0 Å². The van der Waals surface area contributed by atoms with Crippen molar-refractivity contribution in [3.63, 3.8) is 0 Å². The Morgan fingerprint density at radius 3 is 2.73 bits per heavy atom. The highest BCUT2D eigenvalue weighted by Gasteiger charge is 2.28. The molecule has 0 saturated carbocycles. The van der Waals surface area contributed by atoms with Crippen molar-refractivity contribution < 1.29 is 13.9 Å². The van der Waals surface area contributed by atoms with Gasteiger partial charge in [0.25, 0.3) is 0 Å². The topological polar surface area (TPSA) is 55.3 Å². The molecule has 1 fully saturated rings. The van der Waals surface area contributed by atoms with Gasteiger partial charge >= 0.3 is 0 Å². The van der Waals surface area contributed by atoms with Gasteiger partial charge in [-0.05, 0) is 43.6 Å². The van der Waals surface area contributed by atoms with Crippen LogP contribution in [0, 0.1) is 5.82 Å². The summed E-state index contributed by atoms with van der Waals surface area (Å²) in [5.74, 6) is -0.398. The molecule has 0 bridgehead atoms. The van der Waals surface area contributed by atoms with E-state index in [0.29, 0.717) is 52.1 Å². The number of benzene rings is 1. The highest BCUT2D eigenvalue weighted by molar-refractivity contribution is 7.13. The minimum atomic E-state index is -0.398. The Morgan fingerprint density at radius 1 is 1.31 bits per heavy atom. The molecule has 26 heavy (non-hydrogen) atoms. The summed E-state index contributed by atoms with van der Waals surface area (Å²) in [6.07, 6.45) is 2.32. The van der Waals surface area contributed by atoms with Gasteiger partial charge in [0.1, 0.15) is 5.69 Å². The molecule has 2 aromatic heterocycles. The molecule has 0 radical (unpaired) electrons. The molecular formula is C19H18FN3O2S. The number of carbonyl (C=O) groups is 1. The average Bonchev–Trinajstić information content (AvgIpc) is 3.05. The van der Waals surface area contributed by atoms with E-state index in [0.717, 1.165) is 11.5 Å². The summed E-state index contributed by atoms with van der Waals surface area (Å²) in [6.45, 7) is 4.98. The van der Waals surface area contributed by atoms with E-state index in [1.165, 1.54) is 0 Å². The second-order valence-corrected chi connectivity index (χ2v) is 7.30. The number of morpholine rings is 1. The number of rotatable bonds is 3. The summed E-state index contributed by atoms with van der Waals surface area (Å²) in [7, 11) is 0. The van der Waals surface area contributed by atoms with E-state index in [1.54, 1.807) is 12.3 Å². The predicted molar refractivity (Wildman–Crippen MR) is 100 cm³/mol. The molecule has 4 rings (SSSR count). The van der Waals surface area contributed by atoms with Crippen molar-refractivity contribution in [2.24, 2.45) is 0 Å². The SMILES string of the molecule is CC1CN(c2c(C=O)cc3c(-c4ccccn4)nsc3c2F)CC(C)O1. The van der Waals surface area contributed by atoms with Crippen molar-refractivity contribution in [1.29, 1.82) is 0 Å². The fraction of sp³-hybridized carbons (Fsp3) is 0.316. The van der Waals surface area contributed by atoms with Gasteiger partial charge in [0.2, 0.25) is 0 Å². The van der Waals surface area contributed by atoms with Gasteiger partial charge in [0.05, 0.1) is 28.3 Å². The number of carbonyl (C=O) groups excluding carboxylic acids is 1. The lowest BCUT2D eigenvalue weighted by Crippen LogP contribution is -2.46. The average molecular weight is 371 g/mol. The van der Waals surface area contributed by atoms with E-state index in [1.807, 2.05) is 36.9 Å². The van der Waals surface area contributed by atoms with Gasteiger partial charge in [0, 0.05) is 30.2 Å². The molecule has 1 aromatic carbocycles. The molecular weight excluding hydrogens is 353 g/mol. The Labute approximate surface area is 154 Å². The second kappa shape index (κ2) is 6.74. The summed E-state index contributed by atoms with van der Waals surface area (Å²) < 4.78 is 26.0. The highest BCUT2D eigenvalue weighted by Crippen LogP contribution is 2.38. The molecule has 0 aliphatic carbocycles. The molecule has 1 aliphatic rings. The smallest absolute Gasteiger partial charge is 0.166 e. The van der Waals surface area contributed by atoms with Crippen molar-refractivity contribution in [2.45, 2.75) is 26.1 Å². The van der Waals surface area contributed by atoms with E-state index >= 15 is 4.39 Å². The summed E-state index contributed by atoms with van der Waals surface area (Å²) in [6, 6.07) is 7.22. The fourth-order valence-electron chi connectivity index (χ4n) is 3.51. The second-order valence-electron chi connectivity index (χ2n) is 6.53. The van der Waals surface area contributed by atoms with E-state index in [-0.39, 0.29) is 12.2 Å². The van der Waals surface area contributed by atoms with Gasteiger partial charge < -0.3 is 9.64 Å².